The van der Waals surface area contributed by atoms with Gasteiger partial charge >= 0.3 is 0 Å². The van der Waals surface area contributed by atoms with Crippen LogP contribution in [0.1, 0.15) is 34.3 Å². The molecule has 0 radical (unpaired) electrons. The normalized spacial score (nSPS) is 13.1. The molecular formula is C22H17N5O2. The van der Waals surface area contributed by atoms with E-state index in [-0.39, 0.29) is 5.91 Å². The average molecular weight is 383 g/mol. The Hall–Kier alpha value is -4.05. The number of carbonyl (C=O) groups is 1. The monoisotopic (exact) mass is 383 g/mol. The van der Waals surface area contributed by atoms with E-state index in [0.717, 1.165) is 18.4 Å². The number of furan rings is 1. The van der Waals surface area contributed by atoms with Crippen LogP contribution in [0.3, 0.4) is 0 Å². The quantitative estimate of drug-likeness (QED) is 0.530. The fourth-order valence-corrected chi connectivity index (χ4v) is 3.13. The molecule has 3 heterocycles. The van der Waals surface area contributed by atoms with Crippen molar-refractivity contribution in [3.05, 3.63) is 71.9 Å². The predicted octanol–water partition coefficient (Wildman–Crippen LogP) is 2.89. The van der Waals surface area contributed by atoms with Gasteiger partial charge in [-0.15, -0.1) is 0 Å². The highest BCUT2D eigenvalue weighted by molar-refractivity contribution is 5.95. The molecule has 1 aliphatic rings. The Labute approximate surface area is 166 Å². The van der Waals surface area contributed by atoms with E-state index in [9.17, 15) is 4.79 Å². The zero-order chi connectivity index (χ0) is 19.8. The maximum Gasteiger partial charge on any atom is 0.251 e. The topological polar surface area (TPSA) is 99.0 Å². The summed E-state index contributed by atoms with van der Waals surface area (Å²) in [6.45, 7) is 0. The molecule has 4 aromatic rings. The molecule has 1 aromatic carbocycles. The van der Waals surface area contributed by atoms with Crippen LogP contribution in [-0.4, -0.2) is 26.5 Å². The number of hydrogen-bond acceptors (Lipinski definition) is 5. The van der Waals surface area contributed by atoms with Crippen molar-refractivity contribution in [1.29, 1.82) is 0 Å². The summed E-state index contributed by atoms with van der Waals surface area (Å²) in [5, 5.41) is 3.65. The fraction of sp³-hybridized carbons (Fsp3) is 0.136. The summed E-state index contributed by atoms with van der Waals surface area (Å²) < 4.78 is 7.28. The lowest BCUT2D eigenvalue weighted by Gasteiger charge is -2.03. The Morgan fingerprint density at radius 1 is 1.21 bits per heavy atom. The first-order valence-corrected chi connectivity index (χ1v) is 9.27. The van der Waals surface area contributed by atoms with Gasteiger partial charge in [-0.3, -0.25) is 9.36 Å². The van der Waals surface area contributed by atoms with E-state index in [0.29, 0.717) is 39.9 Å². The average Bonchev–Trinajstić information content (AvgIpc) is 3.24. The molecule has 1 amide bonds. The van der Waals surface area contributed by atoms with Gasteiger partial charge in [-0.25, -0.2) is 9.97 Å². The van der Waals surface area contributed by atoms with Crippen LogP contribution in [-0.2, 0) is 0 Å². The number of anilines is 1. The van der Waals surface area contributed by atoms with Gasteiger partial charge in [-0.2, -0.15) is 0 Å². The van der Waals surface area contributed by atoms with Crippen molar-refractivity contribution >= 4 is 22.8 Å². The minimum absolute atomic E-state index is 0.0665. The lowest BCUT2D eigenvalue weighted by Crippen LogP contribution is -2.25. The lowest BCUT2D eigenvalue weighted by atomic mass is 10.1. The molecule has 3 aromatic heterocycles. The van der Waals surface area contributed by atoms with E-state index >= 15 is 0 Å². The molecule has 7 nitrogen and oxygen atoms in total. The van der Waals surface area contributed by atoms with Crippen LogP contribution in [0.2, 0.25) is 0 Å². The highest BCUT2D eigenvalue weighted by Crippen LogP contribution is 2.26. The van der Waals surface area contributed by atoms with Gasteiger partial charge in [0.2, 0.25) is 5.88 Å². The van der Waals surface area contributed by atoms with Crippen LogP contribution in [0.4, 0.5) is 5.82 Å². The van der Waals surface area contributed by atoms with Gasteiger partial charge in [0, 0.05) is 29.4 Å². The number of benzene rings is 1. The summed E-state index contributed by atoms with van der Waals surface area (Å²) in [6, 6.07) is 11.2. The zero-order valence-corrected chi connectivity index (χ0v) is 15.4. The van der Waals surface area contributed by atoms with Gasteiger partial charge in [0.1, 0.15) is 12.1 Å². The van der Waals surface area contributed by atoms with E-state index in [4.69, 9.17) is 10.2 Å². The number of nitrogens with one attached hydrogen (secondary N) is 1. The molecule has 0 bridgehead atoms. The maximum absolute atomic E-state index is 12.3. The van der Waals surface area contributed by atoms with Gasteiger partial charge in [-0.1, -0.05) is 17.9 Å². The van der Waals surface area contributed by atoms with Gasteiger partial charge in [-0.05, 0) is 37.1 Å². The molecule has 5 rings (SSSR count). The van der Waals surface area contributed by atoms with Gasteiger partial charge in [0.25, 0.3) is 5.91 Å². The molecule has 29 heavy (non-hydrogen) atoms. The number of hydrogen-bond donors (Lipinski definition) is 2. The third-order valence-electron chi connectivity index (χ3n) is 4.73. The number of fused-ring (bicyclic) bond motifs is 1. The molecule has 142 valence electrons. The number of aromatic nitrogens is 3. The second-order valence-electron chi connectivity index (χ2n) is 6.90. The molecule has 0 spiro atoms. The first-order valence-electron chi connectivity index (χ1n) is 9.27. The lowest BCUT2D eigenvalue weighted by molar-refractivity contribution is 0.0951. The summed E-state index contributed by atoms with van der Waals surface area (Å²) in [5.74, 6) is 7.15. The fourth-order valence-electron chi connectivity index (χ4n) is 3.13. The standard InChI is InChI=1S/C22H17N5O2/c23-20-19-16(12-27(18-5-2-10-29-18)21(19)25-13-24-20)7-6-14-3-1-4-15(11-14)22(28)26-17-8-9-17/h1-5,10-13,17H,8-9H2,(H,26,28)(H2,23,24,25). The third kappa shape index (κ3) is 3.32. The third-order valence-corrected chi connectivity index (χ3v) is 4.73. The first-order chi connectivity index (χ1) is 14.2. The van der Waals surface area contributed by atoms with E-state index in [1.807, 2.05) is 24.4 Å². The van der Waals surface area contributed by atoms with E-state index in [2.05, 4.69) is 27.1 Å². The predicted molar refractivity (Wildman–Crippen MR) is 108 cm³/mol. The van der Waals surface area contributed by atoms with Crippen LogP contribution in [0.15, 0.2) is 59.6 Å². The minimum Gasteiger partial charge on any atom is -0.448 e. The van der Waals surface area contributed by atoms with E-state index in [1.165, 1.54) is 6.33 Å². The highest BCUT2D eigenvalue weighted by atomic mass is 16.3. The molecule has 1 aliphatic carbocycles. The van der Waals surface area contributed by atoms with Crippen LogP contribution in [0.5, 0.6) is 0 Å². The number of nitrogens with two attached hydrogens (primary N) is 1. The van der Waals surface area contributed by atoms with Crippen molar-refractivity contribution in [3.63, 3.8) is 0 Å². The molecule has 3 N–H and O–H groups in total. The molecule has 0 atom stereocenters. The van der Waals surface area contributed by atoms with Gasteiger partial charge in [0.15, 0.2) is 5.65 Å². The Bertz CT molecular complexity index is 1270. The summed E-state index contributed by atoms with van der Waals surface area (Å²) in [6.07, 6.45) is 6.93. The number of amides is 1. The van der Waals surface area contributed by atoms with E-state index in [1.54, 1.807) is 29.0 Å². The Kier molecular flexibility index (Phi) is 4.03. The highest BCUT2D eigenvalue weighted by Gasteiger charge is 2.23. The smallest absolute Gasteiger partial charge is 0.251 e. The van der Waals surface area contributed by atoms with Crippen LogP contribution in [0.25, 0.3) is 16.9 Å². The number of nitrogens with zero attached hydrogens (tertiary/aromatic N) is 3. The van der Waals surface area contributed by atoms with Crippen molar-refractivity contribution < 1.29 is 9.21 Å². The van der Waals surface area contributed by atoms with Crippen LogP contribution >= 0.6 is 0 Å². The minimum atomic E-state index is -0.0665. The van der Waals surface area contributed by atoms with Crippen molar-refractivity contribution in [3.8, 4) is 17.7 Å². The SMILES string of the molecule is Nc1ncnc2c1c(C#Cc1cccc(C(=O)NC3CC3)c1)cn2-c1ccco1. The molecular weight excluding hydrogens is 366 g/mol. The van der Waals surface area contributed by atoms with Crippen molar-refractivity contribution in [2.45, 2.75) is 18.9 Å². The second kappa shape index (κ2) is 6.84. The summed E-state index contributed by atoms with van der Waals surface area (Å²) in [4.78, 5) is 20.7. The van der Waals surface area contributed by atoms with Gasteiger partial charge in [0.05, 0.1) is 17.2 Å². The number of carbonyl (C=O) groups excluding carboxylic acids is 1. The van der Waals surface area contributed by atoms with Gasteiger partial charge < -0.3 is 15.5 Å². The van der Waals surface area contributed by atoms with E-state index < -0.39 is 0 Å². The summed E-state index contributed by atoms with van der Waals surface area (Å²) in [7, 11) is 0. The Morgan fingerprint density at radius 3 is 2.90 bits per heavy atom. The van der Waals surface area contributed by atoms with Crippen LogP contribution < -0.4 is 11.1 Å². The van der Waals surface area contributed by atoms with Crippen LogP contribution in [0, 0.1) is 11.8 Å². The Balaban J connectivity index is 1.53. The van der Waals surface area contributed by atoms with Crippen molar-refractivity contribution in [1.82, 2.24) is 19.9 Å². The molecule has 1 fully saturated rings. The first kappa shape index (κ1) is 17.1. The summed E-state index contributed by atoms with van der Waals surface area (Å²) in [5.41, 5.74) is 8.74. The molecule has 1 saturated carbocycles. The zero-order valence-electron chi connectivity index (χ0n) is 15.4. The molecule has 0 saturated heterocycles. The second-order valence-corrected chi connectivity index (χ2v) is 6.90. The Morgan fingerprint density at radius 2 is 2.10 bits per heavy atom. The van der Waals surface area contributed by atoms with Crippen molar-refractivity contribution in [2.75, 3.05) is 5.73 Å². The molecule has 7 heteroatoms. The van der Waals surface area contributed by atoms with Crippen molar-refractivity contribution in [2.24, 2.45) is 0 Å². The largest absolute Gasteiger partial charge is 0.448 e. The molecule has 0 aliphatic heterocycles. The summed E-state index contributed by atoms with van der Waals surface area (Å²) >= 11 is 0. The number of rotatable bonds is 3. The maximum atomic E-state index is 12.3. The molecule has 0 unspecified atom stereocenters. The number of nitrogen functional groups attached to an aromatic ring is 1.